The Morgan fingerprint density at radius 1 is 1.06 bits per heavy atom. The molecule has 0 saturated carbocycles. The van der Waals surface area contributed by atoms with Gasteiger partial charge < -0.3 is 0 Å². The highest BCUT2D eigenvalue weighted by Crippen LogP contribution is 2.38. The van der Waals surface area contributed by atoms with Crippen molar-refractivity contribution in [2.45, 2.75) is 33.1 Å². The average molecular weight is 265 g/mol. The van der Waals surface area contributed by atoms with Crippen LogP contribution in [0.25, 0.3) is 0 Å². The van der Waals surface area contributed by atoms with Crippen molar-refractivity contribution in [1.29, 1.82) is 0 Å². The summed E-state index contributed by atoms with van der Waals surface area (Å²) < 4.78 is 0. The molecule has 2 aromatic rings. The van der Waals surface area contributed by atoms with Gasteiger partial charge in [-0.25, -0.2) is 0 Å². The van der Waals surface area contributed by atoms with E-state index in [1.54, 1.807) is 11.3 Å². The largest absolute Gasteiger partial charge is 0.143 e. The maximum atomic E-state index is 6.64. The van der Waals surface area contributed by atoms with Gasteiger partial charge in [0.15, 0.2) is 0 Å². The Balaban J connectivity index is 2.47. The molecule has 1 atom stereocenters. The van der Waals surface area contributed by atoms with Crippen molar-refractivity contribution < 1.29 is 0 Å². The van der Waals surface area contributed by atoms with Crippen molar-refractivity contribution in [2.75, 3.05) is 0 Å². The lowest BCUT2D eigenvalue weighted by Gasteiger charge is -2.14. The van der Waals surface area contributed by atoms with Gasteiger partial charge >= 0.3 is 0 Å². The van der Waals surface area contributed by atoms with E-state index in [-0.39, 0.29) is 5.38 Å². The Morgan fingerprint density at radius 2 is 1.76 bits per heavy atom. The van der Waals surface area contributed by atoms with Crippen LogP contribution in [-0.4, -0.2) is 0 Å². The predicted octanol–water partition coefficient (Wildman–Crippen LogP) is 5.31. The molecule has 0 aliphatic heterocycles. The van der Waals surface area contributed by atoms with Crippen LogP contribution in [0.1, 0.15) is 37.4 Å². The van der Waals surface area contributed by atoms with Crippen molar-refractivity contribution in [3.05, 3.63) is 56.3 Å². The van der Waals surface area contributed by atoms with E-state index in [9.17, 15) is 0 Å². The van der Waals surface area contributed by atoms with Crippen molar-refractivity contribution in [1.82, 2.24) is 0 Å². The van der Waals surface area contributed by atoms with Crippen LogP contribution in [-0.2, 0) is 0 Å². The summed E-state index contributed by atoms with van der Waals surface area (Å²) in [5.41, 5.74) is 5.14. The van der Waals surface area contributed by atoms with Crippen LogP contribution in [0.5, 0.6) is 0 Å². The topological polar surface area (TPSA) is 0 Å². The van der Waals surface area contributed by atoms with E-state index in [0.29, 0.717) is 0 Å². The molecule has 90 valence electrons. The van der Waals surface area contributed by atoms with Gasteiger partial charge in [-0.15, -0.1) is 22.9 Å². The number of halogens is 1. The molecule has 1 unspecified atom stereocenters. The zero-order chi connectivity index (χ0) is 12.6. The molecule has 2 rings (SSSR count). The van der Waals surface area contributed by atoms with Crippen LogP contribution in [0.15, 0.2) is 24.3 Å². The monoisotopic (exact) mass is 264 g/mol. The maximum absolute atomic E-state index is 6.64. The van der Waals surface area contributed by atoms with Crippen molar-refractivity contribution in [2.24, 2.45) is 0 Å². The maximum Gasteiger partial charge on any atom is 0.0933 e. The van der Waals surface area contributed by atoms with Crippen molar-refractivity contribution >= 4 is 22.9 Å². The molecule has 0 spiro atoms. The zero-order valence-electron chi connectivity index (χ0n) is 10.7. The van der Waals surface area contributed by atoms with Gasteiger partial charge in [0.25, 0.3) is 0 Å². The Kier molecular flexibility index (Phi) is 3.60. The van der Waals surface area contributed by atoms with Gasteiger partial charge in [-0.05, 0) is 56.0 Å². The minimum atomic E-state index is -0.0198. The molecular formula is C15H17ClS. The van der Waals surface area contributed by atoms with Gasteiger partial charge in [-0.2, -0.15) is 0 Å². The Labute approximate surface area is 112 Å². The summed E-state index contributed by atoms with van der Waals surface area (Å²) in [7, 11) is 0. The lowest BCUT2D eigenvalue weighted by molar-refractivity contribution is 1.11. The van der Waals surface area contributed by atoms with E-state index in [1.807, 2.05) is 0 Å². The van der Waals surface area contributed by atoms with Crippen LogP contribution in [0.2, 0.25) is 0 Å². The third kappa shape index (κ3) is 2.41. The summed E-state index contributed by atoms with van der Waals surface area (Å²) in [5.74, 6) is 0. The minimum Gasteiger partial charge on any atom is -0.143 e. The SMILES string of the molecule is Cc1cc(C)c(C(Cl)c2cccc(C)c2C)s1. The van der Waals surface area contributed by atoms with E-state index in [0.717, 1.165) is 0 Å². The van der Waals surface area contributed by atoms with Gasteiger partial charge in [-0.3, -0.25) is 0 Å². The first-order chi connectivity index (χ1) is 8.00. The van der Waals surface area contributed by atoms with E-state index in [2.05, 4.69) is 52.0 Å². The van der Waals surface area contributed by atoms with Gasteiger partial charge in [0.05, 0.1) is 5.38 Å². The Hall–Kier alpha value is -0.790. The van der Waals surface area contributed by atoms with Gasteiger partial charge in [0.2, 0.25) is 0 Å². The number of rotatable bonds is 2. The third-order valence-corrected chi connectivity index (χ3v) is 5.03. The summed E-state index contributed by atoms with van der Waals surface area (Å²) in [6.07, 6.45) is 0. The first-order valence-corrected chi connectivity index (χ1v) is 7.03. The number of hydrogen-bond donors (Lipinski definition) is 0. The van der Waals surface area contributed by atoms with Crippen LogP contribution in [0.3, 0.4) is 0 Å². The highest BCUT2D eigenvalue weighted by molar-refractivity contribution is 7.12. The highest BCUT2D eigenvalue weighted by Gasteiger charge is 2.17. The van der Waals surface area contributed by atoms with Gasteiger partial charge in [-0.1, -0.05) is 18.2 Å². The molecule has 0 amide bonds. The molecule has 2 heteroatoms. The van der Waals surface area contributed by atoms with Crippen LogP contribution in [0, 0.1) is 27.7 Å². The molecule has 0 N–H and O–H groups in total. The molecular weight excluding hydrogens is 248 g/mol. The standard InChI is InChI=1S/C15H17ClS/c1-9-6-5-7-13(12(9)4)14(16)15-10(2)8-11(3)17-15/h5-8,14H,1-4H3. The lowest BCUT2D eigenvalue weighted by Crippen LogP contribution is -1.97. The molecule has 17 heavy (non-hydrogen) atoms. The lowest BCUT2D eigenvalue weighted by atomic mass is 9.99. The number of aryl methyl sites for hydroxylation is 3. The molecule has 1 heterocycles. The molecule has 1 aromatic carbocycles. The Morgan fingerprint density at radius 3 is 2.35 bits per heavy atom. The van der Waals surface area contributed by atoms with E-state index in [4.69, 9.17) is 11.6 Å². The van der Waals surface area contributed by atoms with E-state index in [1.165, 1.54) is 32.0 Å². The summed E-state index contributed by atoms with van der Waals surface area (Å²) in [4.78, 5) is 2.60. The molecule has 0 bridgehead atoms. The summed E-state index contributed by atoms with van der Waals surface area (Å²) in [6, 6.07) is 8.56. The second kappa shape index (κ2) is 4.83. The van der Waals surface area contributed by atoms with Crippen molar-refractivity contribution in [3.63, 3.8) is 0 Å². The Bertz CT molecular complexity index is 540. The van der Waals surface area contributed by atoms with E-state index < -0.39 is 0 Å². The van der Waals surface area contributed by atoms with Gasteiger partial charge in [0, 0.05) is 9.75 Å². The minimum absolute atomic E-state index is 0.0198. The fourth-order valence-electron chi connectivity index (χ4n) is 2.10. The smallest absolute Gasteiger partial charge is 0.0933 e. The fourth-order valence-corrected chi connectivity index (χ4v) is 3.68. The molecule has 0 aliphatic rings. The molecule has 0 radical (unpaired) electrons. The third-order valence-electron chi connectivity index (χ3n) is 3.23. The molecule has 0 aliphatic carbocycles. The first-order valence-electron chi connectivity index (χ1n) is 5.78. The van der Waals surface area contributed by atoms with Crippen LogP contribution < -0.4 is 0 Å². The van der Waals surface area contributed by atoms with Crippen LogP contribution >= 0.6 is 22.9 Å². The average Bonchev–Trinajstić information content (AvgIpc) is 2.61. The quantitative estimate of drug-likeness (QED) is 0.645. The highest BCUT2D eigenvalue weighted by atomic mass is 35.5. The number of benzene rings is 1. The number of alkyl halides is 1. The second-order valence-corrected chi connectivity index (χ2v) is 6.28. The molecule has 0 nitrogen and oxygen atoms in total. The summed E-state index contributed by atoms with van der Waals surface area (Å²) in [6.45, 7) is 8.55. The molecule has 0 saturated heterocycles. The zero-order valence-corrected chi connectivity index (χ0v) is 12.2. The van der Waals surface area contributed by atoms with Crippen LogP contribution in [0.4, 0.5) is 0 Å². The van der Waals surface area contributed by atoms with Gasteiger partial charge in [0.1, 0.15) is 0 Å². The summed E-state index contributed by atoms with van der Waals surface area (Å²) in [5, 5.41) is -0.0198. The summed E-state index contributed by atoms with van der Waals surface area (Å²) >= 11 is 8.44. The number of hydrogen-bond acceptors (Lipinski definition) is 1. The van der Waals surface area contributed by atoms with E-state index >= 15 is 0 Å². The predicted molar refractivity (Wildman–Crippen MR) is 77.4 cm³/mol. The number of thiophene rings is 1. The molecule has 1 aromatic heterocycles. The fraction of sp³-hybridized carbons (Fsp3) is 0.333. The molecule has 0 fully saturated rings. The second-order valence-electron chi connectivity index (χ2n) is 4.56. The normalized spacial score (nSPS) is 12.8. The van der Waals surface area contributed by atoms with Crippen molar-refractivity contribution in [3.8, 4) is 0 Å². The first kappa shape index (κ1) is 12.7.